The Morgan fingerprint density at radius 2 is 2.29 bits per heavy atom. The molecule has 5 nitrogen and oxygen atoms in total. The van der Waals surface area contributed by atoms with E-state index in [0.717, 1.165) is 0 Å². The van der Waals surface area contributed by atoms with Gasteiger partial charge in [0.2, 0.25) is 0 Å². The van der Waals surface area contributed by atoms with Crippen molar-refractivity contribution in [3.05, 3.63) is 16.4 Å². The standard InChI is InChI=1S/C8H11ClN2O3/c1-4-5(6(12)8(13)14-3)7(9)11(2)10-4/h6,12H,1-3H3. The van der Waals surface area contributed by atoms with E-state index < -0.39 is 12.1 Å². The summed E-state index contributed by atoms with van der Waals surface area (Å²) in [5.74, 6) is -0.747. The van der Waals surface area contributed by atoms with Gasteiger partial charge in [0.15, 0.2) is 6.10 Å². The molecule has 1 heterocycles. The van der Waals surface area contributed by atoms with Gasteiger partial charge < -0.3 is 9.84 Å². The predicted octanol–water partition coefficient (Wildman–Crippen LogP) is 0.588. The fourth-order valence-corrected chi connectivity index (χ4v) is 1.46. The fraction of sp³-hybridized carbons (Fsp3) is 0.500. The molecule has 0 saturated carbocycles. The summed E-state index contributed by atoms with van der Waals surface area (Å²) in [6.45, 7) is 1.66. The third kappa shape index (κ3) is 1.73. The zero-order valence-electron chi connectivity index (χ0n) is 8.11. The molecule has 0 aliphatic carbocycles. The van der Waals surface area contributed by atoms with E-state index in [1.807, 2.05) is 0 Å². The van der Waals surface area contributed by atoms with Crippen LogP contribution in [0.4, 0.5) is 0 Å². The van der Waals surface area contributed by atoms with Gasteiger partial charge in [0.1, 0.15) is 5.15 Å². The Bertz CT molecular complexity index is 362. The highest BCUT2D eigenvalue weighted by atomic mass is 35.5. The van der Waals surface area contributed by atoms with Crippen LogP contribution in [-0.2, 0) is 16.6 Å². The first-order valence-corrected chi connectivity index (χ1v) is 4.31. The molecule has 1 rings (SSSR count). The average Bonchev–Trinajstić information content (AvgIpc) is 2.39. The Kier molecular flexibility index (Phi) is 3.13. The van der Waals surface area contributed by atoms with Gasteiger partial charge in [-0.05, 0) is 6.92 Å². The number of rotatable bonds is 2. The van der Waals surface area contributed by atoms with Gasteiger partial charge in [-0.15, -0.1) is 0 Å². The molecule has 0 amide bonds. The molecule has 0 aliphatic heterocycles. The molecule has 6 heteroatoms. The number of ether oxygens (including phenoxy) is 1. The molecule has 1 aromatic rings. The van der Waals surface area contributed by atoms with Crippen molar-refractivity contribution in [2.75, 3.05) is 7.11 Å². The van der Waals surface area contributed by atoms with Gasteiger partial charge in [-0.25, -0.2) is 4.79 Å². The number of nitrogens with zero attached hydrogens (tertiary/aromatic N) is 2. The van der Waals surface area contributed by atoms with Crippen LogP contribution in [0.25, 0.3) is 0 Å². The third-order valence-electron chi connectivity index (χ3n) is 1.89. The van der Waals surface area contributed by atoms with E-state index in [1.54, 1.807) is 14.0 Å². The summed E-state index contributed by atoms with van der Waals surface area (Å²) in [7, 11) is 2.83. The molecule has 1 N–H and O–H groups in total. The van der Waals surface area contributed by atoms with Crippen LogP contribution in [-0.4, -0.2) is 28.0 Å². The molecule has 0 fully saturated rings. The molecule has 0 bridgehead atoms. The molecule has 1 aromatic heterocycles. The van der Waals surface area contributed by atoms with Crippen molar-refractivity contribution in [3.8, 4) is 0 Å². The van der Waals surface area contributed by atoms with Crippen molar-refractivity contribution in [3.63, 3.8) is 0 Å². The van der Waals surface area contributed by atoms with Crippen molar-refractivity contribution >= 4 is 17.6 Å². The molecule has 1 unspecified atom stereocenters. The highest BCUT2D eigenvalue weighted by molar-refractivity contribution is 6.30. The van der Waals surface area contributed by atoms with Gasteiger partial charge in [0.05, 0.1) is 18.4 Å². The van der Waals surface area contributed by atoms with Crippen LogP contribution < -0.4 is 0 Å². The number of halogens is 1. The van der Waals surface area contributed by atoms with Crippen LogP contribution >= 0.6 is 11.6 Å². The SMILES string of the molecule is COC(=O)C(O)c1c(C)nn(C)c1Cl. The van der Waals surface area contributed by atoms with E-state index >= 15 is 0 Å². The van der Waals surface area contributed by atoms with Gasteiger partial charge in [-0.2, -0.15) is 5.10 Å². The lowest BCUT2D eigenvalue weighted by Gasteiger charge is -2.07. The van der Waals surface area contributed by atoms with E-state index in [9.17, 15) is 9.90 Å². The van der Waals surface area contributed by atoms with Crippen LogP contribution in [0.15, 0.2) is 0 Å². The normalized spacial score (nSPS) is 12.6. The molecule has 0 aliphatic rings. The summed E-state index contributed by atoms with van der Waals surface area (Å²) in [5.41, 5.74) is 0.802. The number of carbonyl (C=O) groups is 1. The smallest absolute Gasteiger partial charge is 0.339 e. The van der Waals surface area contributed by atoms with E-state index in [2.05, 4.69) is 9.84 Å². The van der Waals surface area contributed by atoms with E-state index in [1.165, 1.54) is 11.8 Å². The number of esters is 1. The van der Waals surface area contributed by atoms with E-state index in [0.29, 0.717) is 11.3 Å². The summed E-state index contributed by atoms with van der Waals surface area (Å²) in [4.78, 5) is 11.1. The maximum absolute atomic E-state index is 11.1. The van der Waals surface area contributed by atoms with Crippen LogP contribution in [0.2, 0.25) is 5.15 Å². The molecule has 0 spiro atoms. The highest BCUT2D eigenvalue weighted by Crippen LogP contribution is 2.26. The first-order valence-electron chi connectivity index (χ1n) is 3.94. The van der Waals surface area contributed by atoms with Crippen molar-refractivity contribution in [1.29, 1.82) is 0 Å². The van der Waals surface area contributed by atoms with Crippen molar-refractivity contribution in [1.82, 2.24) is 9.78 Å². The number of aromatic nitrogens is 2. The van der Waals surface area contributed by atoms with Crippen LogP contribution in [0.3, 0.4) is 0 Å². The lowest BCUT2D eigenvalue weighted by Crippen LogP contribution is -2.14. The first kappa shape index (κ1) is 11.0. The molecule has 1 atom stereocenters. The van der Waals surface area contributed by atoms with Crippen LogP contribution in [0.1, 0.15) is 17.4 Å². The van der Waals surface area contributed by atoms with Gasteiger partial charge >= 0.3 is 5.97 Å². The first-order chi connectivity index (χ1) is 6.49. The Morgan fingerprint density at radius 3 is 2.64 bits per heavy atom. The number of hydrogen-bond donors (Lipinski definition) is 1. The quantitative estimate of drug-likeness (QED) is 0.738. The lowest BCUT2D eigenvalue weighted by molar-refractivity contribution is -0.150. The Labute approximate surface area is 86.2 Å². The number of methoxy groups -OCH3 is 1. The second-order valence-electron chi connectivity index (χ2n) is 2.84. The zero-order valence-corrected chi connectivity index (χ0v) is 8.87. The minimum absolute atomic E-state index is 0.236. The zero-order chi connectivity index (χ0) is 10.9. The topological polar surface area (TPSA) is 64.3 Å². The van der Waals surface area contributed by atoms with Gasteiger partial charge in [-0.3, -0.25) is 4.68 Å². The number of hydrogen-bond acceptors (Lipinski definition) is 4. The van der Waals surface area contributed by atoms with Gasteiger partial charge in [0, 0.05) is 7.05 Å². The second-order valence-corrected chi connectivity index (χ2v) is 3.20. The van der Waals surface area contributed by atoms with Crippen molar-refractivity contribution in [2.45, 2.75) is 13.0 Å². The molecule has 0 aromatic carbocycles. The van der Waals surface area contributed by atoms with E-state index in [-0.39, 0.29) is 5.15 Å². The summed E-state index contributed by atoms with van der Waals surface area (Å²) in [6, 6.07) is 0. The van der Waals surface area contributed by atoms with Crippen LogP contribution in [0.5, 0.6) is 0 Å². The molecule has 0 saturated heterocycles. The maximum atomic E-state index is 11.1. The Morgan fingerprint density at radius 1 is 1.71 bits per heavy atom. The largest absolute Gasteiger partial charge is 0.467 e. The maximum Gasteiger partial charge on any atom is 0.339 e. The van der Waals surface area contributed by atoms with Gasteiger partial charge in [-0.1, -0.05) is 11.6 Å². The molecular formula is C8H11ClN2O3. The monoisotopic (exact) mass is 218 g/mol. The predicted molar refractivity (Wildman–Crippen MR) is 49.9 cm³/mol. The number of carbonyl (C=O) groups excluding carboxylic acids is 1. The summed E-state index contributed by atoms with van der Waals surface area (Å²) in [5, 5.41) is 13.8. The van der Waals surface area contributed by atoms with E-state index in [4.69, 9.17) is 11.6 Å². The Hall–Kier alpha value is -1.07. The summed E-state index contributed by atoms with van der Waals surface area (Å²) in [6.07, 6.45) is -1.37. The average molecular weight is 219 g/mol. The summed E-state index contributed by atoms with van der Waals surface area (Å²) >= 11 is 5.84. The van der Waals surface area contributed by atoms with Crippen LogP contribution in [0, 0.1) is 6.92 Å². The fourth-order valence-electron chi connectivity index (χ4n) is 1.19. The number of aliphatic hydroxyl groups excluding tert-OH is 1. The van der Waals surface area contributed by atoms with Crippen molar-refractivity contribution < 1.29 is 14.6 Å². The molecular weight excluding hydrogens is 208 g/mol. The number of aliphatic hydroxyl groups is 1. The third-order valence-corrected chi connectivity index (χ3v) is 2.34. The number of aryl methyl sites for hydroxylation is 2. The minimum atomic E-state index is -1.37. The highest BCUT2D eigenvalue weighted by Gasteiger charge is 2.25. The molecule has 0 radical (unpaired) electrons. The second kappa shape index (κ2) is 3.98. The van der Waals surface area contributed by atoms with Gasteiger partial charge in [0.25, 0.3) is 0 Å². The lowest BCUT2D eigenvalue weighted by atomic mass is 10.1. The minimum Gasteiger partial charge on any atom is -0.467 e. The Balaban J connectivity index is 3.12. The van der Waals surface area contributed by atoms with Crippen molar-refractivity contribution in [2.24, 2.45) is 7.05 Å². The molecule has 78 valence electrons. The molecule has 14 heavy (non-hydrogen) atoms. The summed E-state index contributed by atoms with van der Waals surface area (Å²) < 4.78 is 5.79.